The smallest absolute Gasteiger partial charge is 0.355 e. The molecule has 7 nitrogen and oxygen atoms in total. The molecule has 4 rings (SSSR count). The highest BCUT2D eigenvalue weighted by atomic mass is 32.1. The topological polar surface area (TPSA) is 101 Å². The Morgan fingerprint density at radius 1 is 1.06 bits per heavy atom. The Hall–Kier alpha value is -3.78. The van der Waals surface area contributed by atoms with Crippen molar-refractivity contribution in [2.24, 2.45) is 0 Å². The van der Waals surface area contributed by atoms with Crippen LogP contribution < -0.4 is 5.32 Å². The number of hydrogen-bond acceptors (Lipinski definition) is 6. The minimum absolute atomic E-state index is 0.137. The highest BCUT2D eigenvalue weighted by Crippen LogP contribution is 2.31. The molecule has 0 radical (unpaired) electrons. The molecule has 4 aromatic rings. The minimum Gasteiger partial charge on any atom is -0.451 e. The maximum atomic E-state index is 12.4. The number of thiazole rings is 1. The number of benzene rings is 2. The van der Waals surface area contributed by atoms with E-state index < -0.39 is 18.5 Å². The van der Waals surface area contributed by atoms with Crippen LogP contribution in [-0.2, 0) is 9.53 Å². The number of fused-ring (bicyclic) bond motifs is 1. The molecule has 0 saturated heterocycles. The molecule has 0 aliphatic carbocycles. The molecule has 2 aromatic carbocycles. The number of amides is 1. The highest BCUT2D eigenvalue weighted by molar-refractivity contribution is 7.21. The van der Waals surface area contributed by atoms with Crippen molar-refractivity contribution in [1.29, 1.82) is 0 Å². The van der Waals surface area contributed by atoms with Crippen LogP contribution >= 0.6 is 11.3 Å². The van der Waals surface area contributed by atoms with Gasteiger partial charge in [-0.1, -0.05) is 6.07 Å². The van der Waals surface area contributed by atoms with E-state index in [4.69, 9.17) is 4.74 Å². The summed E-state index contributed by atoms with van der Waals surface area (Å²) in [7, 11) is 0. The highest BCUT2D eigenvalue weighted by Gasteiger charge is 2.21. The van der Waals surface area contributed by atoms with Gasteiger partial charge in [0, 0.05) is 22.5 Å². The molecule has 0 bridgehead atoms. The number of ketones is 1. The number of hydrogen-bond donors (Lipinski definition) is 2. The van der Waals surface area contributed by atoms with Gasteiger partial charge < -0.3 is 15.0 Å². The number of nitrogens with zero attached hydrogens (tertiary/aromatic N) is 1. The van der Waals surface area contributed by atoms with Crippen molar-refractivity contribution < 1.29 is 19.1 Å². The Kier molecular flexibility index (Phi) is 6.11. The third-order valence-electron chi connectivity index (χ3n) is 5.29. The van der Waals surface area contributed by atoms with Gasteiger partial charge in [0.25, 0.3) is 5.91 Å². The molecule has 2 N–H and O–H groups in total. The van der Waals surface area contributed by atoms with E-state index in [0.29, 0.717) is 22.5 Å². The van der Waals surface area contributed by atoms with Gasteiger partial charge in [-0.3, -0.25) is 9.59 Å². The lowest BCUT2D eigenvalue weighted by molar-refractivity contribution is -0.119. The van der Waals surface area contributed by atoms with Gasteiger partial charge in [0.05, 0.1) is 10.2 Å². The lowest BCUT2D eigenvalue weighted by Crippen LogP contribution is -2.21. The second-order valence-electron chi connectivity index (χ2n) is 7.87. The summed E-state index contributed by atoms with van der Waals surface area (Å²) >= 11 is 1.62. The predicted octanol–water partition coefficient (Wildman–Crippen LogP) is 5.21. The maximum absolute atomic E-state index is 12.4. The van der Waals surface area contributed by atoms with E-state index in [9.17, 15) is 14.4 Å². The van der Waals surface area contributed by atoms with E-state index in [1.54, 1.807) is 37.3 Å². The molecule has 0 fully saturated rings. The number of carbonyl (C=O) groups excluding carboxylic acids is 3. The van der Waals surface area contributed by atoms with E-state index in [-0.39, 0.29) is 11.5 Å². The van der Waals surface area contributed by atoms with Gasteiger partial charge in [-0.2, -0.15) is 0 Å². The standard InChI is InChI=1S/C25H23N3O4S/c1-13-5-10-19-20(11-13)33-24(28-19)17-6-8-18(9-7-17)27-21(30)12-32-25(31)23-14(2)22(16(4)29)15(3)26-23/h5-11,26H,12H2,1-4H3,(H,27,30). The molecule has 0 spiro atoms. The average Bonchev–Trinajstić information content (AvgIpc) is 3.32. The van der Waals surface area contributed by atoms with Crippen LogP contribution in [0.4, 0.5) is 5.69 Å². The Morgan fingerprint density at radius 2 is 1.79 bits per heavy atom. The SMILES string of the molecule is CC(=O)c1c(C)[nH]c(C(=O)OCC(=O)Nc2ccc(-c3nc4ccc(C)cc4s3)cc2)c1C. The normalized spacial score (nSPS) is 10.9. The minimum atomic E-state index is -0.681. The molecule has 33 heavy (non-hydrogen) atoms. The average molecular weight is 462 g/mol. The number of nitrogens with one attached hydrogen (secondary N) is 2. The number of esters is 1. The van der Waals surface area contributed by atoms with Crippen molar-refractivity contribution in [3.05, 3.63) is 70.5 Å². The fraction of sp³-hybridized carbons (Fsp3) is 0.200. The lowest BCUT2D eigenvalue weighted by atomic mass is 10.1. The van der Waals surface area contributed by atoms with Crippen LogP contribution in [0.2, 0.25) is 0 Å². The third kappa shape index (κ3) is 4.70. The van der Waals surface area contributed by atoms with Gasteiger partial charge in [0.15, 0.2) is 12.4 Å². The van der Waals surface area contributed by atoms with Crippen molar-refractivity contribution in [3.8, 4) is 10.6 Å². The number of ether oxygens (including phenoxy) is 1. The van der Waals surface area contributed by atoms with Crippen molar-refractivity contribution in [1.82, 2.24) is 9.97 Å². The number of anilines is 1. The second kappa shape index (κ2) is 8.99. The Balaban J connectivity index is 1.37. The summed E-state index contributed by atoms with van der Waals surface area (Å²) in [6.45, 7) is 6.44. The number of aromatic nitrogens is 2. The number of carbonyl (C=O) groups is 3. The zero-order chi connectivity index (χ0) is 23.7. The van der Waals surface area contributed by atoms with E-state index in [1.165, 1.54) is 12.5 Å². The zero-order valence-corrected chi connectivity index (χ0v) is 19.6. The van der Waals surface area contributed by atoms with Gasteiger partial charge in [-0.15, -0.1) is 11.3 Å². The number of aryl methyl sites for hydroxylation is 2. The number of rotatable bonds is 6. The zero-order valence-electron chi connectivity index (χ0n) is 18.7. The first-order chi connectivity index (χ1) is 15.7. The third-order valence-corrected chi connectivity index (χ3v) is 6.35. The summed E-state index contributed by atoms with van der Waals surface area (Å²) in [4.78, 5) is 43.9. The molecule has 2 aromatic heterocycles. The Labute approximate surface area is 194 Å². The molecule has 0 atom stereocenters. The van der Waals surface area contributed by atoms with Crippen LogP contribution in [0.3, 0.4) is 0 Å². The molecular formula is C25H23N3O4S. The van der Waals surface area contributed by atoms with Crippen molar-refractivity contribution in [3.63, 3.8) is 0 Å². The maximum Gasteiger partial charge on any atom is 0.355 e. The first kappa shape index (κ1) is 22.4. The summed E-state index contributed by atoms with van der Waals surface area (Å²) in [5.74, 6) is -1.28. The van der Waals surface area contributed by atoms with Gasteiger partial charge in [-0.05, 0) is 75.2 Å². The Morgan fingerprint density at radius 3 is 2.45 bits per heavy atom. The van der Waals surface area contributed by atoms with Gasteiger partial charge in [0.1, 0.15) is 10.7 Å². The molecular weight excluding hydrogens is 438 g/mol. The molecule has 2 heterocycles. The molecule has 168 valence electrons. The molecule has 8 heteroatoms. The number of H-pyrrole nitrogens is 1. The van der Waals surface area contributed by atoms with Crippen LogP contribution in [0, 0.1) is 20.8 Å². The van der Waals surface area contributed by atoms with Crippen molar-refractivity contribution in [2.75, 3.05) is 11.9 Å². The van der Waals surface area contributed by atoms with Gasteiger partial charge in [0.2, 0.25) is 0 Å². The summed E-state index contributed by atoms with van der Waals surface area (Å²) in [5.41, 5.74) is 5.46. The van der Waals surface area contributed by atoms with Gasteiger partial charge >= 0.3 is 5.97 Å². The lowest BCUT2D eigenvalue weighted by Gasteiger charge is -2.07. The van der Waals surface area contributed by atoms with Crippen LogP contribution in [0.25, 0.3) is 20.8 Å². The van der Waals surface area contributed by atoms with Crippen LogP contribution in [0.15, 0.2) is 42.5 Å². The van der Waals surface area contributed by atoms with Crippen molar-refractivity contribution >= 4 is 44.9 Å². The number of aromatic amines is 1. The van der Waals surface area contributed by atoms with E-state index in [1.807, 2.05) is 24.3 Å². The van der Waals surface area contributed by atoms with Crippen molar-refractivity contribution in [2.45, 2.75) is 27.7 Å². The monoisotopic (exact) mass is 461 g/mol. The summed E-state index contributed by atoms with van der Waals surface area (Å²) in [6.07, 6.45) is 0. The first-order valence-electron chi connectivity index (χ1n) is 10.4. The van der Waals surface area contributed by atoms with Crippen LogP contribution in [0.5, 0.6) is 0 Å². The summed E-state index contributed by atoms with van der Waals surface area (Å²) in [5, 5.41) is 3.62. The molecule has 1 amide bonds. The summed E-state index contributed by atoms with van der Waals surface area (Å²) in [6, 6.07) is 13.5. The molecule has 0 saturated carbocycles. The fourth-order valence-corrected chi connectivity index (χ4v) is 4.80. The van der Waals surface area contributed by atoms with Crippen LogP contribution in [0.1, 0.15) is 44.6 Å². The van der Waals surface area contributed by atoms with Crippen LogP contribution in [-0.4, -0.2) is 34.2 Å². The van der Waals surface area contributed by atoms with E-state index >= 15 is 0 Å². The van der Waals surface area contributed by atoms with E-state index in [0.717, 1.165) is 20.8 Å². The largest absolute Gasteiger partial charge is 0.451 e. The number of Topliss-reactive ketones (excluding diaryl/α,β-unsaturated/α-hetero) is 1. The fourth-order valence-electron chi connectivity index (χ4n) is 3.73. The summed E-state index contributed by atoms with van der Waals surface area (Å²) < 4.78 is 6.26. The van der Waals surface area contributed by atoms with Gasteiger partial charge in [-0.25, -0.2) is 9.78 Å². The quantitative estimate of drug-likeness (QED) is 0.303. The first-order valence-corrected chi connectivity index (χ1v) is 11.2. The molecule has 0 aliphatic rings. The molecule has 0 unspecified atom stereocenters. The predicted molar refractivity (Wildman–Crippen MR) is 129 cm³/mol. The molecule has 0 aliphatic heterocycles. The van der Waals surface area contributed by atoms with E-state index in [2.05, 4.69) is 28.3 Å². The second-order valence-corrected chi connectivity index (χ2v) is 8.90. The Bertz CT molecular complexity index is 1380.